The van der Waals surface area contributed by atoms with Crippen molar-refractivity contribution in [3.63, 3.8) is 0 Å². The van der Waals surface area contributed by atoms with Gasteiger partial charge in [0.1, 0.15) is 11.6 Å². The number of ether oxygens (including phenoxy) is 1. The number of thioether (sulfide) groups is 1. The van der Waals surface area contributed by atoms with Crippen molar-refractivity contribution >= 4 is 44.8 Å². The number of halogens is 1. The number of allylic oxidation sites excluding steroid dienone is 2. The van der Waals surface area contributed by atoms with Gasteiger partial charge in [0.15, 0.2) is 0 Å². The van der Waals surface area contributed by atoms with Crippen LogP contribution in [0.4, 0.5) is 0 Å². The van der Waals surface area contributed by atoms with Gasteiger partial charge in [-0.05, 0) is 73.9 Å². The number of sulfonamides is 1. The molecule has 168 valence electrons. The van der Waals surface area contributed by atoms with Crippen molar-refractivity contribution in [1.82, 2.24) is 4.31 Å². The predicted octanol–water partition coefficient (Wildman–Crippen LogP) is 6.26. The lowest BCUT2D eigenvalue weighted by Gasteiger charge is -2.18. The van der Waals surface area contributed by atoms with E-state index in [-0.39, 0.29) is 10.7 Å². The van der Waals surface area contributed by atoms with E-state index in [1.54, 1.807) is 54.2 Å². The zero-order valence-electron chi connectivity index (χ0n) is 18.6. The Hall–Kier alpha value is -2.48. The van der Waals surface area contributed by atoms with Gasteiger partial charge >= 0.3 is 0 Å². The van der Waals surface area contributed by atoms with Crippen LogP contribution in [0, 0.1) is 12.3 Å². The molecule has 1 aliphatic heterocycles. The summed E-state index contributed by atoms with van der Waals surface area (Å²) in [4.78, 5) is 0.127. The Labute approximate surface area is 199 Å². The van der Waals surface area contributed by atoms with E-state index in [1.165, 1.54) is 13.3 Å². The first kappa shape index (κ1) is 24.2. The van der Waals surface area contributed by atoms with Crippen LogP contribution in [-0.2, 0) is 10.0 Å². The normalized spacial score (nSPS) is 16.3. The molecule has 0 saturated carbocycles. The van der Waals surface area contributed by atoms with Crippen LogP contribution >= 0.6 is 23.4 Å². The highest BCUT2D eigenvalue weighted by molar-refractivity contribution is 8.01. The quantitative estimate of drug-likeness (QED) is 0.520. The Bertz CT molecular complexity index is 1260. The van der Waals surface area contributed by atoms with Crippen LogP contribution in [0.1, 0.15) is 25.0 Å². The van der Waals surface area contributed by atoms with Crippen LogP contribution in [-0.4, -0.2) is 31.9 Å². The lowest BCUT2D eigenvalue weighted by atomic mass is 9.93. The second-order valence-corrected chi connectivity index (χ2v) is 10.3. The molecule has 0 atom stereocenters. The van der Waals surface area contributed by atoms with Crippen LogP contribution in [0.2, 0.25) is 5.02 Å². The molecule has 1 aliphatic rings. The maximum atomic E-state index is 13.5. The number of hydrogen-bond acceptors (Lipinski definition) is 5. The van der Waals surface area contributed by atoms with Crippen LogP contribution in [0.25, 0.3) is 5.57 Å². The van der Waals surface area contributed by atoms with Gasteiger partial charge in [0, 0.05) is 27.9 Å². The number of nitrogens with zero attached hydrogens (tertiary/aromatic N) is 1. The van der Waals surface area contributed by atoms with Gasteiger partial charge in [-0.2, -0.15) is 0 Å². The van der Waals surface area contributed by atoms with Crippen LogP contribution in [0.15, 0.2) is 75.7 Å². The molecular formula is C24H25ClN2O3S2. The van der Waals surface area contributed by atoms with E-state index < -0.39 is 10.0 Å². The van der Waals surface area contributed by atoms with Crippen molar-refractivity contribution < 1.29 is 13.2 Å². The Kier molecular flexibility index (Phi) is 7.22. The fourth-order valence-corrected chi connectivity index (χ4v) is 5.41. The topological polar surface area (TPSA) is 70.5 Å². The lowest BCUT2D eigenvalue weighted by Crippen LogP contribution is -2.29. The summed E-state index contributed by atoms with van der Waals surface area (Å²) in [5.74, 6) is 0.395. The van der Waals surface area contributed by atoms with Crippen molar-refractivity contribution in [2.45, 2.75) is 25.7 Å². The third-order valence-electron chi connectivity index (χ3n) is 5.27. The van der Waals surface area contributed by atoms with Gasteiger partial charge in [-0.1, -0.05) is 29.3 Å². The largest absolute Gasteiger partial charge is 0.496 e. The number of methoxy groups -OCH3 is 1. The summed E-state index contributed by atoms with van der Waals surface area (Å²) in [6.45, 7) is 5.73. The van der Waals surface area contributed by atoms with E-state index in [2.05, 4.69) is 0 Å². The highest BCUT2D eigenvalue weighted by Crippen LogP contribution is 2.42. The maximum Gasteiger partial charge on any atom is 0.269 e. The van der Waals surface area contributed by atoms with Crippen LogP contribution < -0.4 is 4.74 Å². The minimum absolute atomic E-state index is 0.107. The second-order valence-electron chi connectivity index (χ2n) is 7.39. The molecule has 0 radical (unpaired) electrons. The van der Waals surface area contributed by atoms with Gasteiger partial charge in [0.2, 0.25) is 0 Å². The Balaban J connectivity index is 2.27. The van der Waals surface area contributed by atoms with E-state index in [9.17, 15) is 8.42 Å². The second kappa shape index (κ2) is 9.57. The smallest absolute Gasteiger partial charge is 0.269 e. The van der Waals surface area contributed by atoms with Crippen molar-refractivity contribution in [2.24, 2.45) is 0 Å². The van der Waals surface area contributed by atoms with Crippen molar-refractivity contribution in [3.8, 4) is 5.75 Å². The molecule has 0 fully saturated rings. The van der Waals surface area contributed by atoms with Crippen molar-refractivity contribution in [3.05, 3.63) is 86.9 Å². The molecule has 0 aliphatic carbocycles. The van der Waals surface area contributed by atoms with Crippen molar-refractivity contribution in [2.75, 3.05) is 13.4 Å². The van der Waals surface area contributed by atoms with Crippen molar-refractivity contribution in [1.29, 1.82) is 5.41 Å². The van der Waals surface area contributed by atoms with Gasteiger partial charge in [-0.15, -0.1) is 11.8 Å². The number of hydrogen-bond donors (Lipinski definition) is 1. The van der Waals surface area contributed by atoms with E-state index in [0.717, 1.165) is 21.0 Å². The molecular weight excluding hydrogens is 464 g/mol. The highest BCUT2D eigenvalue weighted by atomic mass is 35.5. The molecule has 2 aromatic rings. The number of aryl methyl sites for hydroxylation is 1. The summed E-state index contributed by atoms with van der Waals surface area (Å²) in [5.41, 5.74) is 4.50. The molecule has 3 rings (SSSR count). The maximum absolute atomic E-state index is 13.5. The molecule has 0 spiro atoms. The third-order valence-corrected chi connectivity index (χ3v) is 7.76. The number of benzene rings is 2. The number of nitrogens with one attached hydrogen (secondary N) is 1. The standard InChI is InChI=1S/C24H25ClN2O3S2/c1-15-6-9-19(10-7-15)32(28,29)27-13-21(20-11-8-18(25)12-22(20)30-4)23(24(27)26)17(3)16(2)14-31-5/h6-14,26H,1-5H3/b16-14+,23-17+,26-24?. The summed E-state index contributed by atoms with van der Waals surface area (Å²) < 4.78 is 33.5. The molecule has 5 nitrogen and oxygen atoms in total. The average molecular weight is 489 g/mol. The summed E-state index contributed by atoms with van der Waals surface area (Å²) >= 11 is 7.69. The Morgan fingerprint density at radius 2 is 1.81 bits per heavy atom. The minimum Gasteiger partial charge on any atom is -0.496 e. The third kappa shape index (κ3) is 4.51. The number of amidine groups is 1. The molecule has 1 heterocycles. The zero-order valence-corrected chi connectivity index (χ0v) is 21.0. The summed E-state index contributed by atoms with van der Waals surface area (Å²) in [5, 5.41) is 11.3. The molecule has 0 aromatic heterocycles. The van der Waals surface area contributed by atoms with Gasteiger partial charge in [0.25, 0.3) is 10.0 Å². The zero-order chi connectivity index (χ0) is 23.6. The average Bonchev–Trinajstić information content (AvgIpc) is 3.11. The summed E-state index contributed by atoms with van der Waals surface area (Å²) in [7, 11) is -2.44. The first-order chi connectivity index (χ1) is 15.1. The van der Waals surface area contributed by atoms with E-state index in [1.807, 2.05) is 32.4 Å². The Morgan fingerprint density at radius 1 is 1.16 bits per heavy atom. The molecule has 0 amide bonds. The molecule has 0 saturated heterocycles. The Morgan fingerprint density at radius 3 is 2.41 bits per heavy atom. The van der Waals surface area contributed by atoms with Crippen LogP contribution in [0.5, 0.6) is 5.75 Å². The lowest BCUT2D eigenvalue weighted by molar-refractivity contribution is 0.413. The van der Waals surface area contributed by atoms with E-state index in [0.29, 0.717) is 27.5 Å². The number of rotatable bonds is 6. The van der Waals surface area contributed by atoms with E-state index in [4.69, 9.17) is 21.7 Å². The van der Waals surface area contributed by atoms with E-state index >= 15 is 0 Å². The molecule has 1 N–H and O–H groups in total. The monoisotopic (exact) mass is 488 g/mol. The van der Waals surface area contributed by atoms with Gasteiger partial charge in [-0.3, -0.25) is 5.41 Å². The molecule has 32 heavy (non-hydrogen) atoms. The fourth-order valence-electron chi connectivity index (χ4n) is 3.43. The summed E-state index contributed by atoms with van der Waals surface area (Å²) in [6.07, 6.45) is 3.45. The SMILES string of the molecule is COc1cc(Cl)ccc1C1=CN(S(=O)(=O)c2ccc(C)cc2)C(=N)/C1=C(C)/C(C)=C/SC. The fraction of sp³-hybridized carbons (Fsp3) is 0.208. The molecule has 0 bridgehead atoms. The minimum atomic E-state index is -3.97. The first-order valence-corrected chi connectivity index (χ1v) is 12.9. The van der Waals surface area contributed by atoms with Gasteiger partial charge < -0.3 is 4.74 Å². The van der Waals surface area contributed by atoms with Crippen LogP contribution in [0.3, 0.4) is 0 Å². The molecule has 8 heteroatoms. The molecule has 2 aromatic carbocycles. The first-order valence-electron chi connectivity index (χ1n) is 9.78. The molecule has 0 unspecified atom stereocenters. The predicted molar refractivity (Wildman–Crippen MR) is 134 cm³/mol. The van der Waals surface area contributed by atoms with Gasteiger partial charge in [0.05, 0.1) is 12.0 Å². The van der Waals surface area contributed by atoms with Gasteiger partial charge in [-0.25, -0.2) is 12.7 Å². The highest BCUT2D eigenvalue weighted by Gasteiger charge is 2.36. The summed E-state index contributed by atoms with van der Waals surface area (Å²) in [6, 6.07) is 11.8.